The van der Waals surface area contributed by atoms with Crippen molar-refractivity contribution < 1.29 is 29.9 Å². The van der Waals surface area contributed by atoms with Crippen molar-refractivity contribution in [2.75, 3.05) is 13.7 Å². The number of rotatable bonds is 5. The number of aliphatic hydroxyl groups excluding tert-OH is 4. The summed E-state index contributed by atoms with van der Waals surface area (Å²) in [5.74, 6) is 0.514. The molecular weight excluding hydrogens is 400 g/mol. The monoisotopic (exact) mass is 422 g/mol. The van der Waals surface area contributed by atoms with Crippen molar-refractivity contribution in [1.82, 2.24) is 0 Å². The average molecular weight is 423 g/mol. The highest BCUT2D eigenvalue weighted by molar-refractivity contribution is 7.26. The maximum atomic E-state index is 10.5. The normalized spacial score (nSPS) is 28.0. The van der Waals surface area contributed by atoms with Gasteiger partial charge in [0.15, 0.2) is 0 Å². The summed E-state index contributed by atoms with van der Waals surface area (Å²) in [5.41, 5.74) is 1.59. The zero-order valence-electron chi connectivity index (χ0n) is 15.2. The molecule has 0 spiro atoms. The van der Waals surface area contributed by atoms with Crippen LogP contribution in [0.4, 0.5) is 0 Å². The molecule has 1 aromatic carbocycles. The topological polar surface area (TPSA) is 99.4 Å². The minimum Gasteiger partial charge on any atom is -0.496 e. The van der Waals surface area contributed by atoms with Crippen molar-refractivity contribution >= 4 is 32.1 Å². The summed E-state index contributed by atoms with van der Waals surface area (Å²) in [5, 5.41) is 42.1. The fraction of sp³-hybridized carbons (Fsp3) is 0.400. The number of hydrogen-bond donors (Lipinski definition) is 4. The molecule has 150 valence electrons. The highest BCUT2D eigenvalue weighted by Gasteiger charge is 2.44. The summed E-state index contributed by atoms with van der Waals surface area (Å²) in [6.07, 6.45) is -5.30. The SMILES string of the molecule is COc1ccc(Cc2cc3sccc3s2)cc1[C@@H]1O[C@H](CO)[C@@H](O)[C@H](O)[C@H]1O. The molecule has 0 saturated carbocycles. The van der Waals surface area contributed by atoms with Gasteiger partial charge in [0.1, 0.15) is 36.3 Å². The summed E-state index contributed by atoms with van der Waals surface area (Å²) in [6, 6.07) is 9.95. The molecule has 1 aliphatic heterocycles. The number of ether oxygens (including phenoxy) is 2. The van der Waals surface area contributed by atoms with Gasteiger partial charge in [0.25, 0.3) is 0 Å². The maximum Gasteiger partial charge on any atom is 0.124 e. The smallest absolute Gasteiger partial charge is 0.124 e. The Balaban J connectivity index is 1.65. The number of aliphatic hydroxyl groups is 4. The third kappa shape index (κ3) is 3.57. The average Bonchev–Trinajstić information content (AvgIpc) is 3.28. The van der Waals surface area contributed by atoms with Crippen molar-refractivity contribution in [3.05, 3.63) is 51.7 Å². The van der Waals surface area contributed by atoms with Gasteiger partial charge in [0, 0.05) is 26.3 Å². The van der Waals surface area contributed by atoms with Crippen LogP contribution in [-0.4, -0.2) is 58.6 Å². The fourth-order valence-electron chi connectivity index (χ4n) is 3.58. The molecule has 2 aromatic heterocycles. The summed E-state index contributed by atoms with van der Waals surface area (Å²) in [6.45, 7) is -0.463. The van der Waals surface area contributed by atoms with Gasteiger partial charge in [-0.15, -0.1) is 22.7 Å². The van der Waals surface area contributed by atoms with Crippen LogP contribution >= 0.6 is 22.7 Å². The number of thiophene rings is 2. The Bertz CT molecular complexity index is 921. The molecule has 4 rings (SSSR count). The molecule has 0 bridgehead atoms. The lowest BCUT2D eigenvalue weighted by Gasteiger charge is -2.40. The number of hydrogen-bond acceptors (Lipinski definition) is 8. The van der Waals surface area contributed by atoms with Crippen LogP contribution in [0.25, 0.3) is 9.40 Å². The van der Waals surface area contributed by atoms with E-state index in [1.165, 1.54) is 21.4 Å². The molecule has 4 N–H and O–H groups in total. The minimum atomic E-state index is -1.42. The third-order valence-corrected chi connectivity index (χ3v) is 7.16. The van der Waals surface area contributed by atoms with Crippen molar-refractivity contribution in [3.63, 3.8) is 0 Å². The first kappa shape index (κ1) is 19.8. The van der Waals surface area contributed by atoms with Gasteiger partial charge >= 0.3 is 0 Å². The second-order valence-corrected chi connectivity index (χ2v) is 8.98. The summed E-state index contributed by atoms with van der Waals surface area (Å²) < 4.78 is 13.7. The van der Waals surface area contributed by atoms with E-state index in [9.17, 15) is 20.4 Å². The van der Waals surface area contributed by atoms with E-state index in [2.05, 4.69) is 17.5 Å². The Morgan fingerprint density at radius 1 is 1.04 bits per heavy atom. The molecule has 0 unspecified atom stereocenters. The Morgan fingerprint density at radius 2 is 1.86 bits per heavy atom. The van der Waals surface area contributed by atoms with Gasteiger partial charge in [-0.3, -0.25) is 0 Å². The lowest BCUT2D eigenvalue weighted by molar-refractivity contribution is -0.232. The van der Waals surface area contributed by atoms with E-state index in [4.69, 9.17) is 9.47 Å². The van der Waals surface area contributed by atoms with E-state index < -0.39 is 37.1 Å². The molecular formula is C20H22O6S2. The first-order chi connectivity index (χ1) is 13.5. The standard InChI is InChI=1S/C20H22O6S2/c1-25-13-3-2-10(6-11-8-16-15(28-11)4-5-27-16)7-12(13)20-19(24)18(23)17(22)14(9-21)26-20/h2-5,7-8,14,17-24H,6,9H2,1H3/t14-,17-,18+,19-,20+/m1/s1. The molecule has 28 heavy (non-hydrogen) atoms. The van der Waals surface area contributed by atoms with E-state index in [1.807, 2.05) is 18.2 Å². The summed E-state index contributed by atoms with van der Waals surface area (Å²) in [4.78, 5) is 1.23. The minimum absolute atomic E-state index is 0.463. The van der Waals surface area contributed by atoms with Crippen LogP contribution in [0.15, 0.2) is 35.7 Å². The van der Waals surface area contributed by atoms with Crippen LogP contribution in [0.5, 0.6) is 5.75 Å². The number of benzene rings is 1. The first-order valence-corrected chi connectivity index (χ1v) is 10.6. The van der Waals surface area contributed by atoms with Crippen molar-refractivity contribution in [2.24, 2.45) is 0 Å². The number of methoxy groups -OCH3 is 1. The molecule has 6 nitrogen and oxygen atoms in total. The zero-order chi connectivity index (χ0) is 19.8. The van der Waals surface area contributed by atoms with Gasteiger partial charge in [-0.1, -0.05) is 6.07 Å². The van der Waals surface area contributed by atoms with Crippen LogP contribution in [-0.2, 0) is 11.2 Å². The second-order valence-electron chi connectivity index (χ2n) is 6.86. The van der Waals surface area contributed by atoms with Crippen molar-refractivity contribution in [3.8, 4) is 5.75 Å². The first-order valence-electron chi connectivity index (χ1n) is 8.95. The molecule has 3 aromatic rings. The van der Waals surface area contributed by atoms with Gasteiger partial charge in [-0.05, 0) is 35.2 Å². The fourth-order valence-corrected chi connectivity index (χ4v) is 5.75. The lowest BCUT2D eigenvalue weighted by Crippen LogP contribution is -2.55. The summed E-state index contributed by atoms with van der Waals surface area (Å²) in [7, 11) is 1.52. The van der Waals surface area contributed by atoms with Crippen LogP contribution < -0.4 is 4.74 Å². The molecule has 3 heterocycles. The van der Waals surface area contributed by atoms with E-state index in [0.717, 1.165) is 12.0 Å². The van der Waals surface area contributed by atoms with E-state index in [1.54, 1.807) is 22.7 Å². The summed E-state index contributed by atoms with van der Waals surface area (Å²) >= 11 is 3.46. The molecule has 0 amide bonds. The zero-order valence-corrected chi connectivity index (χ0v) is 16.8. The van der Waals surface area contributed by atoms with Gasteiger partial charge in [-0.2, -0.15) is 0 Å². The van der Waals surface area contributed by atoms with Crippen LogP contribution in [0.1, 0.15) is 22.1 Å². The van der Waals surface area contributed by atoms with E-state index >= 15 is 0 Å². The van der Waals surface area contributed by atoms with Gasteiger partial charge < -0.3 is 29.9 Å². The molecule has 1 saturated heterocycles. The Hall–Kier alpha value is -1.52. The van der Waals surface area contributed by atoms with Crippen LogP contribution in [0.3, 0.4) is 0 Å². The van der Waals surface area contributed by atoms with E-state index in [-0.39, 0.29) is 0 Å². The van der Waals surface area contributed by atoms with Gasteiger partial charge in [0.05, 0.1) is 13.7 Å². The molecule has 1 aliphatic rings. The Kier molecular flexibility index (Phi) is 5.71. The predicted octanol–water partition coefficient (Wildman–Crippen LogP) is 2.08. The molecule has 1 fully saturated rings. The van der Waals surface area contributed by atoms with Gasteiger partial charge in [0.2, 0.25) is 0 Å². The molecule has 5 atom stereocenters. The Morgan fingerprint density at radius 3 is 2.57 bits per heavy atom. The Labute approximate surface area is 170 Å². The predicted molar refractivity (Wildman–Crippen MR) is 108 cm³/mol. The van der Waals surface area contributed by atoms with Crippen molar-refractivity contribution in [2.45, 2.75) is 36.9 Å². The van der Waals surface area contributed by atoms with Crippen LogP contribution in [0.2, 0.25) is 0 Å². The van der Waals surface area contributed by atoms with Crippen LogP contribution in [0, 0.1) is 0 Å². The highest BCUT2D eigenvalue weighted by atomic mass is 32.1. The number of fused-ring (bicyclic) bond motifs is 1. The van der Waals surface area contributed by atoms with E-state index in [0.29, 0.717) is 11.3 Å². The third-order valence-electron chi connectivity index (χ3n) is 5.06. The molecule has 8 heteroatoms. The maximum absolute atomic E-state index is 10.5. The highest BCUT2D eigenvalue weighted by Crippen LogP contribution is 2.38. The lowest BCUT2D eigenvalue weighted by atomic mass is 9.90. The largest absolute Gasteiger partial charge is 0.496 e. The second kappa shape index (κ2) is 8.08. The van der Waals surface area contributed by atoms with Gasteiger partial charge in [-0.25, -0.2) is 0 Å². The quantitative estimate of drug-likeness (QED) is 0.503. The van der Waals surface area contributed by atoms with Crippen molar-refractivity contribution in [1.29, 1.82) is 0 Å². The molecule has 0 aliphatic carbocycles. The molecule has 0 radical (unpaired) electrons.